The van der Waals surface area contributed by atoms with E-state index in [9.17, 15) is 4.79 Å². The molecule has 1 aromatic rings. The Bertz CT molecular complexity index is 439. The molecule has 0 unspecified atom stereocenters. The highest BCUT2D eigenvalue weighted by Gasteiger charge is 2.01. The number of nitrogens with one attached hydrogen (secondary N) is 3. The smallest absolute Gasteiger partial charge is 0.221 e. The van der Waals surface area contributed by atoms with E-state index in [1.54, 1.807) is 13.2 Å². The van der Waals surface area contributed by atoms with Gasteiger partial charge in [-0.3, -0.25) is 14.8 Å². The summed E-state index contributed by atoms with van der Waals surface area (Å²) in [6.07, 6.45) is 4.02. The molecule has 1 heterocycles. The van der Waals surface area contributed by atoms with Crippen molar-refractivity contribution in [1.82, 2.24) is 20.9 Å². The van der Waals surface area contributed by atoms with Crippen molar-refractivity contribution in [2.24, 2.45) is 4.99 Å². The average molecular weight is 419 g/mol. The number of rotatable bonds is 8. The van der Waals surface area contributed by atoms with Crippen LogP contribution in [-0.2, 0) is 11.2 Å². The Kier molecular flexibility index (Phi) is 12.5. The van der Waals surface area contributed by atoms with E-state index in [0.717, 1.165) is 31.6 Å². The van der Waals surface area contributed by atoms with Crippen molar-refractivity contribution in [2.75, 3.05) is 26.7 Å². The predicted octanol–water partition coefficient (Wildman–Crippen LogP) is 1.32. The van der Waals surface area contributed by atoms with Gasteiger partial charge in [0, 0.05) is 51.4 Å². The Morgan fingerprint density at radius 3 is 2.59 bits per heavy atom. The molecule has 1 rings (SSSR count). The number of aromatic nitrogens is 1. The third-order valence-corrected chi connectivity index (χ3v) is 2.84. The number of amides is 1. The fourth-order valence-electron chi connectivity index (χ4n) is 1.72. The van der Waals surface area contributed by atoms with Gasteiger partial charge in [-0.1, -0.05) is 13.0 Å². The van der Waals surface area contributed by atoms with Crippen LogP contribution >= 0.6 is 24.0 Å². The minimum absolute atomic E-state index is 0. The number of hydrogen-bond donors (Lipinski definition) is 3. The lowest BCUT2D eigenvalue weighted by molar-refractivity contribution is -0.120. The lowest BCUT2D eigenvalue weighted by Gasteiger charge is -2.11. The molecule has 1 aromatic heterocycles. The van der Waals surface area contributed by atoms with Crippen LogP contribution in [-0.4, -0.2) is 43.5 Å². The highest BCUT2D eigenvalue weighted by atomic mass is 127. The molecule has 0 fully saturated rings. The van der Waals surface area contributed by atoms with Gasteiger partial charge in [0.25, 0.3) is 0 Å². The molecule has 0 bridgehead atoms. The second-order valence-corrected chi connectivity index (χ2v) is 4.60. The fourth-order valence-corrected chi connectivity index (χ4v) is 1.72. The van der Waals surface area contributed by atoms with E-state index in [4.69, 9.17) is 0 Å². The monoisotopic (exact) mass is 419 g/mol. The summed E-state index contributed by atoms with van der Waals surface area (Å²) in [5.41, 5.74) is 1.04. The molecular formula is C15H26IN5O. The van der Waals surface area contributed by atoms with E-state index in [0.29, 0.717) is 18.9 Å². The van der Waals surface area contributed by atoms with Gasteiger partial charge < -0.3 is 16.0 Å². The molecule has 3 N–H and O–H groups in total. The van der Waals surface area contributed by atoms with E-state index in [-0.39, 0.29) is 29.9 Å². The normalized spacial score (nSPS) is 10.5. The molecule has 0 aromatic carbocycles. The summed E-state index contributed by atoms with van der Waals surface area (Å²) in [5.74, 6) is 0.766. The summed E-state index contributed by atoms with van der Waals surface area (Å²) in [7, 11) is 1.72. The maximum Gasteiger partial charge on any atom is 0.221 e. The first kappa shape index (κ1) is 20.6. The summed E-state index contributed by atoms with van der Waals surface area (Å²) in [6, 6.07) is 5.88. The molecule has 0 aliphatic rings. The molecule has 0 radical (unpaired) electrons. The van der Waals surface area contributed by atoms with Crippen LogP contribution in [0.25, 0.3) is 0 Å². The first-order chi connectivity index (χ1) is 10.3. The van der Waals surface area contributed by atoms with Crippen LogP contribution in [0.1, 0.15) is 25.5 Å². The Morgan fingerprint density at radius 1 is 1.18 bits per heavy atom. The number of guanidine groups is 1. The maximum atomic E-state index is 11.5. The number of aliphatic imine (C=N–C) groups is 1. The van der Waals surface area contributed by atoms with Gasteiger partial charge in [0.05, 0.1) is 0 Å². The molecule has 22 heavy (non-hydrogen) atoms. The molecule has 0 saturated heterocycles. The predicted molar refractivity (Wildman–Crippen MR) is 101 cm³/mol. The SMILES string of the molecule is CCCNC(=O)CCNC(=NC)NCCc1ccccn1.I. The van der Waals surface area contributed by atoms with E-state index in [2.05, 4.69) is 25.9 Å². The van der Waals surface area contributed by atoms with Crippen LogP contribution in [0, 0.1) is 0 Å². The lowest BCUT2D eigenvalue weighted by Crippen LogP contribution is -2.40. The Labute approximate surface area is 149 Å². The van der Waals surface area contributed by atoms with Gasteiger partial charge >= 0.3 is 0 Å². The average Bonchev–Trinajstić information content (AvgIpc) is 2.52. The number of carbonyl (C=O) groups is 1. The van der Waals surface area contributed by atoms with E-state index in [1.165, 1.54) is 0 Å². The van der Waals surface area contributed by atoms with Gasteiger partial charge in [-0.15, -0.1) is 24.0 Å². The van der Waals surface area contributed by atoms with Crippen molar-refractivity contribution in [1.29, 1.82) is 0 Å². The second-order valence-electron chi connectivity index (χ2n) is 4.60. The number of carbonyl (C=O) groups excluding carboxylic acids is 1. The molecule has 1 amide bonds. The first-order valence-corrected chi connectivity index (χ1v) is 7.37. The van der Waals surface area contributed by atoms with Crippen LogP contribution in [0.5, 0.6) is 0 Å². The topological polar surface area (TPSA) is 78.4 Å². The van der Waals surface area contributed by atoms with E-state index < -0.39 is 0 Å². The molecule has 0 aliphatic heterocycles. The maximum absolute atomic E-state index is 11.5. The zero-order chi connectivity index (χ0) is 15.3. The van der Waals surface area contributed by atoms with E-state index in [1.807, 2.05) is 25.1 Å². The molecule has 0 aliphatic carbocycles. The van der Waals surface area contributed by atoms with Crippen molar-refractivity contribution >= 4 is 35.8 Å². The van der Waals surface area contributed by atoms with Crippen LogP contribution in [0.4, 0.5) is 0 Å². The third kappa shape index (κ3) is 9.54. The Hall–Kier alpha value is -1.38. The largest absolute Gasteiger partial charge is 0.356 e. The van der Waals surface area contributed by atoms with Crippen molar-refractivity contribution < 1.29 is 4.79 Å². The highest BCUT2D eigenvalue weighted by Crippen LogP contribution is 1.92. The Morgan fingerprint density at radius 2 is 1.95 bits per heavy atom. The van der Waals surface area contributed by atoms with Gasteiger partial charge in [-0.2, -0.15) is 0 Å². The minimum Gasteiger partial charge on any atom is -0.356 e. The number of pyridine rings is 1. The standard InChI is InChI=1S/C15H25N5O.HI/c1-3-9-18-14(21)8-12-20-15(16-2)19-11-7-13-6-4-5-10-17-13;/h4-6,10H,3,7-9,11-12H2,1-2H3,(H,18,21)(H2,16,19,20);1H. The van der Waals surface area contributed by atoms with Crippen molar-refractivity contribution in [2.45, 2.75) is 26.2 Å². The Balaban J connectivity index is 0.00000441. The van der Waals surface area contributed by atoms with Crippen molar-refractivity contribution in [3.05, 3.63) is 30.1 Å². The molecule has 0 atom stereocenters. The van der Waals surface area contributed by atoms with E-state index >= 15 is 0 Å². The highest BCUT2D eigenvalue weighted by molar-refractivity contribution is 14.0. The van der Waals surface area contributed by atoms with Gasteiger partial charge in [0.15, 0.2) is 5.96 Å². The van der Waals surface area contributed by atoms with Crippen molar-refractivity contribution in [3.63, 3.8) is 0 Å². The fraction of sp³-hybridized carbons (Fsp3) is 0.533. The zero-order valence-corrected chi connectivity index (χ0v) is 15.6. The second kappa shape index (κ2) is 13.3. The number of nitrogens with zero attached hydrogens (tertiary/aromatic N) is 2. The molecule has 6 nitrogen and oxygen atoms in total. The molecule has 0 spiro atoms. The van der Waals surface area contributed by atoms with Crippen LogP contribution in [0.2, 0.25) is 0 Å². The van der Waals surface area contributed by atoms with Crippen LogP contribution < -0.4 is 16.0 Å². The third-order valence-electron chi connectivity index (χ3n) is 2.84. The zero-order valence-electron chi connectivity index (χ0n) is 13.3. The quantitative estimate of drug-likeness (QED) is 0.338. The lowest BCUT2D eigenvalue weighted by atomic mass is 10.3. The van der Waals surface area contributed by atoms with Gasteiger partial charge in [0.2, 0.25) is 5.91 Å². The molecule has 0 saturated carbocycles. The summed E-state index contributed by atoms with van der Waals surface area (Å²) >= 11 is 0. The van der Waals surface area contributed by atoms with Gasteiger partial charge in [0.1, 0.15) is 0 Å². The summed E-state index contributed by atoms with van der Waals surface area (Å²) in [4.78, 5) is 19.8. The van der Waals surface area contributed by atoms with Crippen molar-refractivity contribution in [3.8, 4) is 0 Å². The number of hydrogen-bond acceptors (Lipinski definition) is 3. The molecule has 7 heteroatoms. The molecular weight excluding hydrogens is 393 g/mol. The van der Waals surface area contributed by atoms with Gasteiger partial charge in [-0.25, -0.2) is 0 Å². The number of halogens is 1. The minimum atomic E-state index is 0. The summed E-state index contributed by atoms with van der Waals surface area (Å²) in [6.45, 7) is 4.08. The summed E-state index contributed by atoms with van der Waals surface area (Å²) in [5, 5.41) is 9.16. The van der Waals surface area contributed by atoms with Crippen LogP contribution in [0.15, 0.2) is 29.4 Å². The first-order valence-electron chi connectivity index (χ1n) is 7.37. The van der Waals surface area contributed by atoms with Gasteiger partial charge in [-0.05, 0) is 18.6 Å². The summed E-state index contributed by atoms with van der Waals surface area (Å²) < 4.78 is 0. The molecule has 124 valence electrons. The van der Waals surface area contributed by atoms with Crippen LogP contribution in [0.3, 0.4) is 0 Å².